The van der Waals surface area contributed by atoms with Crippen LogP contribution in [0.3, 0.4) is 0 Å². The predicted octanol–water partition coefficient (Wildman–Crippen LogP) is 3.51. The summed E-state index contributed by atoms with van der Waals surface area (Å²) in [6.07, 6.45) is 1.89. The summed E-state index contributed by atoms with van der Waals surface area (Å²) in [7, 11) is 0. The topological polar surface area (TPSA) is 64.9 Å². The predicted molar refractivity (Wildman–Crippen MR) is 80.0 cm³/mol. The van der Waals surface area contributed by atoms with Crippen molar-refractivity contribution in [2.75, 3.05) is 5.73 Å². The molecule has 0 saturated carbocycles. The Kier molecular flexibility index (Phi) is 4.21. The molecule has 0 fully saturated rings. The van der Waals surface area contributed by atoms with Crippen LogP contribution in [0.1, 0.15) is 26.1 Å². The zero-order chi connectivity index (χ0) is 13.1. The van der Waals surface area contributed by atoms with E-state index in [1.807, 2.05) is 18.2 Å². The Balaban J connectivity index is 2.21. The molecular formula is C13H16IN3O. The Bertz CT molecular complexity index is 537. The summed E-state index contributed by atoms with van der Waals surface area (Å²) in [4.78, 5) is 4.39. The van der Waals surface area contributed by atoms with E-state index < -0.39 is 0 Å². The van der Waals surface area contributed by atoms with Gasteiger partial charge in [-0.2, -0.15) is 4.98 Å². The van der Waals surface area contributed by atoms with Gasteiger partial charge in [-0.15, -0.1) is 0 Å². The molecule has 1 aromatic carbocycles. The largest absolute Gasteiger partial charge is 0.398 e. The molecule has 2 aromatic rings. The maximum Gasteiger partial charge on any atom is 0.260 e. The van der Waals surface area contributed by atoms with Crippen LogP contribution in [0, 0.1) is 9.49 Å². The number of benzene rings is 1. The van der Waals surface area contributed by atoms with Gasteiger partial charge in [-0.1, -0.05) is 19.0 Å². The number of aromatic nitrogens is 2. The molecule has 4 nitrogen and oxygen atoms in total. The van der Waals surface area contributed by atoms with Gasteiger partial charge in [-0.05, 0) is 53.1 Å². The molecule has 0 bridgehead atoms. The summed E-state index contributed by atoms with van der Waals surface area (Å²) in [5.74, 6) is 1.89. The van der Waals surface area contributed by atoms with Crippen LogP contribution in [0.2, 0.25) is 0 Å². The minimum atomic E-state index is 0.504. The Labute approximate surface area is 120 Å². The Morgan fingerprint density at radius 2 is 2.17 bits per heavy atom. The van der Waals surface area contributed by atoms with E-state index in [9.17, 15) is 0 Å². The van der Waals surface area contributed by atoms with Crippen LogP contribution in [-0.2, 0) is 6.42 Å². The zero-order valence-corrected chi connectivity index (χ0v) is 12.6. The molecule has 96 valence electrons. The average molecular weight is 357 g/mol. The molecule has 0 atom stereocenters. The van der Waals surface area contributed by atoms with Gasteiger partial charge in [-0.3, -0.25) is 0 Å². The highest BCUT2D eigenvalue weighted by atomic mass is 127. The van der Waals surface area contributed by atoms with E-state index >= 15 is 0 Å². The molecule has 2 rings (SSSR count). The minimum Gasteiger partial charge on any atom is -0.398 e. The van der Waals surface area contributed by atoms with Crippen LogP contribution >= 0.6 is 22.6 Å². The molecular weight excluding hydrogens is 341 g/mol. The van der Waals surface area contributed by atoms with E-state index in [1.165, 1.54) is 0 Å². The maximum atomic E-state index is 5.92. The first-order valence-corrected chi connectivity index (χ1v) is 7.02. The quantitative estimate of drug-likeness (QED) is 0.672. The average Bonchev–Trinajstić information content (AvgIpc) is 2.78. The molecule has 0 unspecified atom stereocenters. The normalized spacial score (nSPS) is 11.1. The lowest BCUT2D eigenvalue weighted by molar-refractivity contribution is 0.419. The van der Waals surface area contributed by atoms with Gasteiger partial charge in [0.15, 0.2) is 5.82 Å². The lowest BCUT2D eigenvalue weighted by Gasteiger charge is -2.00. The van der Waals surface area contributed by atoms with Gasteiger partial charge in [-0.25, -0.2) is 0 Å². The molecule has 0 aliphatic rings. The van der Waals surface area contributed by atoms with Gasteiger partial charge in [0.05, 0.1) is 5.56 Å². The van der Waals surface area contributed by atoms with Crippen LogP contribution in [0.4, 0.5) is 5.69 Å². The molecule has 1 aromatic heterocycles. The van der Waals surface area contributed by atoms with Gasteiger partial charge >= 0.3 is 0 Å². The van der Waals surface area contributed by atoms with Crippen LogP contribution < -0.4 is 5.73 Å². The number of anilines is 1. The number of halogens is 1. The van der Waals surface area contributed by atoms with Gasteiger partial charge in [0.2, 0.25) is 0 Å². The molecule has 0 radical (unpaired) electrons. The molecule has 2 N–H and O–H groups in total. The number of hydrogen-bond acceptors (Lipinski definition) is 4. The Hall–Kier alpha value is -1.11. The van der Waals surface area contributed by atoms with Crippen molar-refractivity contribution in [3.63, 3.8) is 0 Å². The van der Waals surface area contributed by atoms with E-state index in [-0.39, 0.29) is 0 Å². The highest BCUT2D eigenvalue weighted by Crippen LogP contribution is 2.26. The monoisotopic (exact) mass is 357 g/mol. The first kappa shape index (κ1) is 13.3. The lowest BCUT2D eigenvalue weighted by Crippen LogP contribution is -1.94. The van der Waals surface area contributed by atoms with E-state index in [2.05, 4.69) is 46.6 Å². The van der Waals surface area contributed by atoms with Crippen molar-refractivity contribution in [1.29, 1.82) is 0 Å². The Morgan fingerprint density at radius 1 is 1.39 bits per heavy atom. The number of nitrogen functional groups attached to an aromatic ring is 1. The fourth-order valence-corrected chi connectivity index (χ4v) is 2.09. The fourth-order valence-electron chi connectivity index (χ4n) is 1.60. The van der Waals surface area contributed by atoms with E-state index in [4.69, 9.17) is 10.3 Å². The summed E-state index contributed by atoms with van der Waals surface area (Å²) < 4.78 is 6.37. The smallest absolute Gasteiger partial charge is 0.260 e. The second-order valence-corrected chi connectivity index (χ2v) is 5.93. The van der Waals surface area contributed by atoms with Crippen LogP contribution in [0.5, 0.6) is 0 Å². The third kappa shape index (κ3) is 3.22. The van der Waals surface area contributed by atoms with E-state index in [0.717, 1.165) is 27.8 Å². The Morgan fingerprint density at radius 3 is 2.89 bits per heavy atom. The molecule has 0 amide bonds. The van der Waals surface area contributed by atoms with Crippen molar-refractivity contribution in [1.82, 2.24) is 10.1 Å². The zero-order valence-electron chi connectivity index (χ0n) is 10.5. The van der Waals surface area contributed by atoms with Crippen LogP contribution in [0.25, 0.3) is 11.5 Å². The van der Waals surface area contributed by atoms with E-state index in [1.54, 1.807) is 0 Å². The van der Waals surface area contributed by atoms with Crippen molar-refractivity contribution in [2.24, 2.45) is 5.92 Å². The summed E-state index contributed by atoms with van der Waals surface area (Å²) in [6, 6.07) is 5.76. The highest BCUT2D eigenvalue weighted by molar-refractivity contribution is 14.1. The molecule has 0 aliphatic carbocycles. The minimum absolute atomic E-state index is 0.504. The summed E-state index contributed by atoms with van der Waals surface area (Å²) >= 11 is 2.24. The number of hydrogen-bond donors (Lipinski definition) is 1. The van der Waals surface area contributed by atoms with Crippen molar-refractivity contribution in [3.05, 3.63) is 27.6 Å². The fraction of sp³-hybridized carbons (Fsp3) is 0.385. The van der Waals surface area contributed by atoms with Crippen molar-refractivity contribution in [3.8, 4) is 11.5 Å². The number of rotatable bonds is 4. The van der Waals surface area contributed by atoms with Gasteiger partial charge < -0.3 is 10.3 Å². The van der Waals surface area contributed by atoms with Gasteiger partial charge in [0.25, 0.3) is 5.89 Å². The second-order valence-electron chi connectivity index (χ2n) is 4.68. The first-order valence-electron chi connectivity index (χ1n) is 5.94. The molecule has 1 heterocycles. The summed E-state index contributed by atoms with van der Waals surface area (Å²) in [5.41, 5.74) is 7.39. The standard InChI is InChI=1S/C13H16IN3O/c1-8(2)3-6-12-16-13(18-17-12)10-7-9(14)4-5-11(10)15/h4-5,7-8H,3,6,15H2,1-2H3. The number of aryl methyl sites for hydroxylation is 1. The molecule has 0 aliphatic heterocycles. The van der Waals surface area contributed by atoms with Crippen LogP contribution in [-0.4, -0.2) is 10.1 Å². The summed E-state index contributed by atoms with van der Waals surface area (Å²) in [5, 5.41) is 3.99. The molecule has 0 spiro atoms. The third-order valence-corrected chi connectivity index (χ3v) is 3.33. The molecule has 18 heavy (non-hydrogen) atoms. The number of nitrogens with two attached hydrogens (primary N) is 1. The SMILES string of the molecule is CC(C)CCc1noc(-c2cc(I)ccc2N)n1. The second kappa shape index (κ2) is 5.69. The summed E-state index contributed by atoms with van der Waals surface area (Å²) in [6.45, 7) is 4.36. The van der Waals surface area contributed by atoms with Crippen LogP contribution in [0.15, 0.2) is 22.7 Å². The van der Waals surface area contributed by atoms with Gasteiger partial charge in [0, 0.05) is 15.7 Å². The maximum absolute atomic E-state index is 5.92. The van der Waals surface area contributed by atoms with E-state index in [0.29, 0.717) is 17.5 Å². The van der Waals surface area contributed by atoms with Gasteiger partial charge in [0.1, 0.15) is 0 Å². The number of nitrogens with zero attached hydrogens (tertiary/aromatic N) is 2. The van der Waals surface area contributed by atoms with Crippen molar-refractivity contribution >= 4 is 28.3 Å². The molecule has 0 saturated heterocycles. The van der Waals surface area contributed by atoms with Crippen molar-refractivity contribution < 1.29 is 4.52 Å². The lowest BCUT2D eigenvalue weighted by atomic mass is 10.1. The first-order chi connectivity index (χ1) is 8.56. The third-order valence-electron chi connectivity index (χ3n) is 2.66. The van der Waals surface area contributed by atoms with Crippen molar-refractivity contribution in [2.45, 2.75) is 26.7 Å². The molecule has 5 heteroatoms. The highest BCUT2D eigenvalue weighted by Gasteiger charge is 2.12.